The Balaban J connectivity index is 2.42. The molecule has 0 fully saturated rings. The number of fused-ring (bicyclic) bond motifs is 1. The van der Waals surface area contributed by atoms with Crippen LogP contribution < -0.4 is 10.5 Å². The Bertz CT molecular complexity index is 443. The normalized spacial score (nSPS) is 17.7. The van der Waals surface area contributed by atoms with Crippen molar-refractivity contribution < 1.29 is 14.3 Å². The van der Waals surface area contributed by atoms with Gasteiger partial charge in [0, 0.05) is 6.04 Å². The molecule has 0 spiro atoms. The second-order valence-corrected chi connectivity index (χ2v) is 4.17. The molecule has 2 N–H and O–H groups in total. The van der Waals surface area contributed by atoms with Gasteiger partial charge < -0.3 is 15.2 Å². The zero-order valence-electron chi connectivity index (χ0n) is 10.2. The van der Waals surface area contributed by atoms with Crippen molar-refractivity contribution in [2.45, 2.75) is 25.8 Å². The van der Waals surface area contributed by atoms with Gasteiger partial charge in [0.1, 0.15) is 11.3 Å². The Hall–Kier alpha value is -1.55. The van der Waals surface area contributed by atoms with Crippen molar-refractivity contribution in [2.75, 3.05) is 13.7 Å². The van der Waals surface area contributed by atoms with Crippen molar-refractivity contribution in [1.82, 2.24) is 0 Å². The van der Waals surface area contributed by atoms with Crippen LogP contribution >= 0.6 is 0 Å². The number of carbonyl (C=O) groups excluding carboxylic acids is 1. The van der Waals surface area contributed by atoms with E-state index in [4.69, 9.17) is 15.2 Å². The first kappa shape index (κ1) is 11.9. The van der Waals surface area contributed by atoms with Crippen LogP contribution in [0.15, 0.2) is 12.1 Å². The standard InChI is InChI=1S/C13H17NO3/c1-3-17-13(15)10-5-4-8-6-9(14)7-11(8)12(10)16-2/h4-5,9H,3,6-7,14H2,1-2H3. The Morgan fingerprint density at radius 3 is 2.88 bits per heavy atom. The van der Waals surface area contributed by atoms with E-state index in [1.54, 1.807) is 20.1 Å². The van der Waals surface area contributed by atoms with Crippen LogP contribution in [0.1, 0.15) is 28.4 Å². The second kappa shape index (κ2) is 4.75. The van der Waals surface area contributed by atoms with Crippen LogP contribution in [0.5, 0.6) is 5.75 Å². The summed E-state index contributed by atoms with van der Waals surface area (Å²) in [7, 11) is 1.57. The van der Waals surface area contributed by atoms with Gasteiger partial charge >= 0.3 is 5.97 Å². The maximum absolute atomic E-state index is 11.8. The zero-order chi connectivity index (χ0) is 12.4. The van der Waals surface area contributed by atoms with E-state index in [9.17, 15) is 4.79 Å². The van der Waals surface area contributed by atoms with Crippen LogP contribution in [0.3, 0.4) is 0 Å². The van der Waals surface area contributed by atoms with E-state index in [-0.39, 0.29) is 12.0 Å². The number of rotatable bonds is 3. The summed E-state index contributed by atoms with van der Waals surface area (Å²) < 4.78 is 10.4. The monoisotopic (exact) mass is 235 g/mol. The van der Waals surface area contributed by atoms with Crippen molar-refractivity contribution >= 4 is 5.97 Å². The summed E-state index contributed by atoms with van der Waals surface area (Å²) in [4.78, 5) is 11.8. The van der Waals surface area contributed by atoms with Crippen molar-refractivity contribution in [3.05, 3.63) is 28.8 Å². The first-order valence-electron chi connectivity index (χ1n) is 5.78. The maximum Gasteiger partial charge on any atom is 0.341 e. The number of hydrogen-bond donors (Lipinski definition) is 1. The van der Waals surface area contributed by atoms with E-state index in [0.29, 0.717) is 17.9 Å². The molecule has 0 bridgehead atoms. The van der Waals surface area contributed by atoms with Gasteiger partial charge in [-0.3, -0.25) is 0 Å². The first-order valence-corrected chi connectivity index (χ1v) is 5.78. The van der Waals surface area contributed by atoms with Gasteiger partial charge in [-0.1, -0.05) is 6.07 Å². The average molecular weight is 235 g/mol. The van der Waals surface area contributed by atoms with E-state index >= 15 is 0 Å². The summed E-state index contributed by atoms with van der Waals surface area (Å²) in [5.41, 5.74) is 8.63. The molecule has 4 nitrogen and oxygen atoms in total. The van der Waals surface area contributed by atoms with Crippen LogP contribution in [-0.2, 0) is 17.6 Å². The van der Waals surface area contributed by atoms with Gasteiger partial charge in [0.05, 0.1) is 13.7 Å². The predicted molar refractivity (Wildman–Crippen MR) is 64.3 cm³/mol. The highest BCUT2D eigenvalue weighted by atomic mass is 16.5. The fourth-order valence-electron chi connectivity index (χ4n) is 2.30. The van der Waals surface area contributed by atoms with E-state index in [1.165, 1.54) is 5.56 Å². The fraction of sp³-hybridized carbons (Fsp3) is 0.462. The molecule has 0 amide bonds. The highest BCUT2D eigenvalue weighted by Crippen LogP contribution is 2.33. The van der Waals surface area contributed by atoms with E-state index in [2.05, 4.69) is 0 Å². The molecule has 17 heavy (non-hydrogen) atoms. The van der Waals surface area contributed by atoms with Crippen molar-refractivity contribution in [3.63, 3.8) is 0 Å². The summed E-state index contributed by atoms with van der Waals surface area (Å²) in [6.45, 7) is 2.15. The molecule has 1 aromatic rings. The Morgan fingerprint density at radius 2 is 2.24 bits per heavy atom. The van der Waals surface area contributed by atoms with Gasteiger partial charge in [-0.05, 0) is 37.0 Å². The third-order valence-electron chi connectivity index (χ3n) is 3.01. The molecule has 0 saturated heterocycles. The summed E-state index contributed by atoms with van der Waals surface area (Å²) >= 11 is 0. The lowest BCUT2D eigenvalue weighted by Gasteiger charge is -2.12. The number of benzene rings is 1. The maximum atomic E-state index is 11.8. The molecule has 2 rings (SSSR count). The molecule has 1 aromatic carbocycles. The number of esters is 1. The van der Waals surface area contributed by atoms with Crippen molar-refractivity contribution in [1.29, 1.82) is 0 Å². The summed E-state index contributed by atoms with van der Waals surface area (Å²) in [5, 5.41) is 0. The lowest BCUT2D eigenvalue weighted by molar-refractivity contribution is 0.0522. The summed E-state index contributed by atoms with van der Waals surface area (Å²) in [6, 6.07) is 3.82. The molecule has 4 heteroatoms. The molecule has 0 heterocycles. The lowest BCUT2D eigenvalue weighted by atomic mass is 10.0. The zero-order valence-corrected chi connectivity index (χ0v) is 10.2. The van der Waals surface area contributed by atoms with Gasteiger partial charge in [-0.2, -0.15) is 0 Å². The summed E-state index contributed by atoms with van der Waals surface area (Å²) in [5.74, 6) is 0.279. The van der Waals surface area contributed by atoms with Crippen molar-refractivity contribution in [3.8, 4) is 5.75 Å². The molecule has 1 aliphatic rings. The molecular formula is C13H17NO3. The minimum Gasteiger partial charge on any atom is -0.496 e. The predicted octanol–water partition coefficient (Wildman–Crippen LogP) is 1.30. The van der Waals surface area contributed by atoms with Crippen LogP contribution in [0.25, 0.3) is 0 Å². The van der Waals surface area contributed by atoms with E-state index in [0.717, 1.165) is 18.4 Å². The van der Waals surface area contributed by atoms with Gasteiger partial charge in [-0.15, -0.1) is 0 Å². The highest BCUT2D eigenvalue weighted by Gasteiger charge is 2.26. The van der Waals surface area contributed by atoms with E-state index in [1.807, 2.05) is 6.07 Å². The Labute approximate surface area is 101 Å². The molecule has 1 atom stereocenters. The molecule has 92 valence electrons. The van der Waals surface area contributed by atoms with Crippen molar-refractivity contribution in [2.24, 2.45) is 5.73 Å². The van der Waals surface area contributed by atoms with Crippen LogP contribution in [-0.4, -0.2) is 25.7 Å². The largest absolute Gasteiger partial charge is 0.496 e. The smallest absolute Gasteiger partial charge is 0.341 e. The van der Waals surface area contributed by atoms with Crippen LogP contribution in [0.2, 0.25) is 0 Å². The fourth-order valence-corrected chi connectivity index (χ4v) is 2.30. The minimum atomic E-state index is -0.340. The third kappa shape index (κ3) is 2.13. The number of methoxy groups -OCH3 is 1. The van der Waals surface area contributed by atoms with Crippen LogP contribution in [0.4, 0.5) is 0 Å². The topological polar surface area (TPSA) is 61.5 Å². The Morgan fingerprint density at radius 1 is 1.47 bits per heavy atom. The lowest BCUT2D eigenvalue weighted by Crippen LogP contribution is -2.19. The van der Waals surface area contributed by atoms with Crippen LogP contribution in [0, 0.1) is 0 Å². The van der Waals surface area contributed by atoms with Gasteiger partial charge in [0.15, 0.2) is 0 Å². The molecule has 0 saturated carbocycles. The number of ether oxygens (including phenoxy) is 2. The number of carbonyl (C=O) groups is 1. The minimum absolute atomic E-state index is 0.122. The van der Waals surface area contributed by atoms with Gasteiger partial charge in [0.25, 0.3) is 0 Å². The first-order chi connectivity index (χ1) is 8.17. The number of nitrogens with two attached hydrogens (primary N) is 1. The highest BCUT2D eigenvalue weighted by molar-refractivity contribution is 5.93. The Kier molecular flexibility index (Phi) is 3.33. The molecule has 0 aromatic heterocycles. The quantitative estimate of drug-likeness (QED) is 0.802. The molecule has 0 aliphatic heterocycles. The second-order valence-electron chi connectivity index (χ2n) is 4.17. The van der Waals surface area contributed by atoms with Gasteiger partial charge in [0.2, 0.25) is 0 Å². The number of hydrogen-bond acceptors (Lipinski definition) is 4. The molecule has 1 aliphatic carbocycles. The third-order valence-corrected chi connectivity index (χ3v) is 3.01. The molecule has 1 unspecified atom stereocenters. The molecule has 0 radical (unpaired) electrons. The molecular weight excluding hydrogens is 218 g/mol. The van der Waals surface area contributed by atoms with Gasteiger partial charge in [-0.25, -0.2) is 4.79 Å². The SMILES string of the molecule is CCOC(=O)c1ccc2c(c1OC)CC(N)C2. The summed E-state index contributed by atoms with van der Waals surface area (Å²) in [6.07, 6.45) is 1.60. The average Bonchev–Trinajstić information content (AvgIpc) is 2.68. The van der Waals surface area contributed by atoms with E-state index < -0.39 is 0 Å².